The highest BCUT2D eigenvalue weighted by Crippen LogP contribution is 2.44. The van der Waals surface area contributed by atoms with Crippen LogP contribution in [0.2, 0.25) is 0 Å². The number of hydrogen-bond acceptors (Lipinski definition) is 5. The number of nitrogens with zero attached hydrogens (tertiary/aromatic N) is 5. The van der Waals surface area contributed by atoms with Crippen molar-refractivity contribution in [2.24, 2.45) is 13.0 Å². The molecule has 0 amide bonds. The fourth-order valence-corrected chi connectivity index (χ4v) is 5.36. The normalized spacial score (nSPS) is 23.8. The Hall–Kier alpha value is -2.60. The molecule has 5 rings (SSSR count). The van der Waals surface area contributed by atoms with E-state index in [0.29, 0.717) is 17.9 Å². The quantitative estimate of drug-likeness (QED) is 0.742. The number of hydrogen-bond donors (Lipinski definition) is 1. The minimum Gasteiger partial charge on any atom is -0.375 e. The van der Waals surface area contributed by atoms with Gasteiger partial charge >= 0.3 is 0 Å². The van der Waals surface area contributed by atoms with Crippen LogP contribution >= 0.6 is 0 Å². The van der Waals surface area contributed by atoms with E-state index in [4.69, 9.17) is 0 Å². The van der Waals surface area contributed by atoms with Crippen LogP contribution < -0.4 is 10.2 Å². The van der Waals surface area contributed by atoms with Crippen molar-refractivity contribution in [2.75, 3.05) is 44.4 Å². The van der Waals surface area contributed by atoms with Gasteiger partial charge in [-0.05, 0) is 43.0 Å². The second-order valence-electron chi connectivity index (χ2n) is 8.97. The molecule has 1 aromatic carbocycles. The Morgan fingerprint density at radius 3 is 2.72 bits per heavy atom. The first-order valence-electron chi connectivity index (χ1n) is 10.5. The van der Waals surface area contributed by atoms with Gasteiger partial charge in [0.05, 0.1) is 18.1 Å². The average Bonchev–Trinajstić information content (AvgIpc) is 3.04. The number of rotatable bonds is 4. The molecule has 3 heterocycles. The third-order valence-electron chi connectivity index (χ3n) is 6.82. The molecule has 0 unspecified atom stereocenters. The molecule has 3 atom stereocenters. The molecule has 1 saturated heterocycles. The monoisotopic (exact) mass is 390 g/mol. The summed E-state index contributed by atoms with van der Waals surface area (Å²) >= 11 is 0. The van der Waals surface area contributed by atoms with Crippen molar-refractivity contribution in [3.63, 3.8) is 0 Å². The van der Waals surface area contributed by atoms with Crippen LogP contribution in [0.1, 0.15) is 23.5 Å². The minimum absolute atomic E-state index is 0.582. The van der Waals surface area contributed by atoms with Crippen molar-refractivity contribution in [1.29, 1.82) is 0 Å². The summed E-state index contributed by atoms with van der Waals surface area (Å²) < 4.78 is 2.29. The summed E-state index contributed by atoms with van der Waals surface area (Å²) in [5.41, 5.74) is 5.44. The Morgan fingerprint density at radius 1 is 1.17 bits per heavy atom. The lowest BCUT2D eigenvalue weighted by Gasteiger charge is -2.45. The fraction of sp³-hybridized carbons (Fsp3) is 0.478. The first-order valence-corrected chi connectivity index (χ1v) is 10.5. The van der Waals surface area contributed by atoms with Gasteiger partial charge < -0.3 is 19.7 Å². The van der Waals surface area contributed by atoms with Crippen LogP contribution in [0, 0.1) is 5.92 Å². The maximum atomic E-state index is 4.47. The number of anilines is 2. The lowest BCUT2D eigenvalue weighted by molar-refractivity contribution is 0.117. The fourth-order valence-electron chi connectivity index (χ4n) is 5.36. The molecule has 6 nitrogen and oxygen atoms in total. The second-order valence-corrected chi connectivity index (χ2v) is 8.97. The van der Waals surface area contributed by atoms with Crippen molar-refractivity contribution in [2.45, 2.75) is 24.8 Å². The molecule has 152 valence electrons. The van der Waals surface area contributed by atoms with Crippen molar-refractivity contribution >= 4 is 22.5 Å². The third kappa shape index (κ3) is 3.15. The summed E-state index contributed by atoms with van der Waals surface area (Å²) in [6.07, 6.45) is 8.45. The van der Waals surface area contributed by atoms with Gasteiger partial charge in [0.25, 0.3) is 0 Å². The number of aryl methyl sites for hydroxylation is 1. The highest BCUT2D eigenvalue weighted by Gasteiger charge is 2.39. The largest absolute Gasteiger partial charge is 0.375 e. The van der Waals surface area contributed by atoms with E-state index < -0.39 is 0 Å². The van der Waals surface area contributed by atoms with Gasteiger partial charge in [0, 0.05) is 63.3 Å². The SMILES string of the molecule is CN(C)c1cnc(NC[C@@H]2C[C@@H]3c4cccc5c4c(cn5C)C[C@H]3N(C)C2)nc1. The molecule has 2 aromatic heterocycles. The van der Waals surface area contributed by atoms with Gasteiger partial charge in [0.15, 0.2) is 0 Å². The van der Waals surface area contributed by atoms with E-state index in [2.05, 4.69) is 63.2 Å². The number of likely N-dealkylation sites (N-methyl/N-ethyl adjacent to an activating group) is 1. The van der Waals surface area contributed by atoms with Crippen molar-refractivity contribution < 1.29 is 0 Å². The molecule has 1 aliphatic heterocycles. The summed E-state index contributed by atoms with van der Waals surface area (Å²) in [5.74, 6) is 1.89. The third-order valence-corrected chi connectivity index (χ3v) is 6.82. The van der Waals surface area contributed by atoms with Crippen LogP contribution in [0.5, 0.6) is 0 Å². The highest BCUT2D eigenvalue weighted by molar-refractivity contribution is 5.89. The number of aromatic nitrogens is 3. The second kappa shape index (κ2) is 7.02. The van der Waals surface area contributed by atoms with Crippen molar-refractivity contribution in [1.82, 2.24) is 19.4 Å². The predicted molar refractivity (Wildman–Crippen MR) is 119 cm³/mol. The first-order chi connectivity index (χ1) is 14.0. The van der Waals surface area contributed by atoms with Crippen molar-refractivity contribution in [3.05, 3.63) is 47.9 Å². The maximum absolute atomic E-state index is 4.47. The van der Waals surface area contributed by atoms with Crippen LogP contribution in [-0.4, -0.2) is 59.7 Å². The zero-order chi connectivity index (χ0) is 20.1. The predicted octanol–water partition coefficient (Wildman–Crippen LogP) is 3.11. The molecule has 29 heavy (non-hydrogen) atoms. The molecule has 0 saturated carbocycles. The van der Waals surface area contributed by atoms with E-state index >= 15 is 0 Å². The van der Waals surface area contributed by atoms with E-state index in [9.17, 15) is 0 Å². The van der Waals surface area contributed by atoms with Crippen LogP contribution in [0.25, 0.3) is 10.9 Å². The molecule has 3 aromatic rings. The van der Waals surface area contributed by atoms with Gasteiger partial charge in [-0.25, -0.2) is 9.97 Å². The lowest BCUT2D eigenvalue weighted by Crippen LogP contribution is -2.49. The maximum Gasteiger partial charge on any atom is 0.222 e. The number of fused-ring (bicyclic) bond motifs is 2. The van der Waals surface area contributed by atoms with Crippen LogP contribution in [0.4, 0.5) is 11.6 Å². The standard InChI is InChI=1S/C23H30N6/c1-27(2)17-11-25-23(26-12-17)24-10-15-8-19-18-6-5-7-20-22(18)16(14-29(20)4)9-21(19)28(3)13-15/h5-7,11-12,14-15,19,21H,8-10,13H2,1-4H3,(H,24,25,26)/t15-,19+,21+/m0/s1. The molecule has 2 aliphatic rings. The van der Waals surface area contributed by atoms with Crippen LogP contribution in [0.15, 0.2) is 36.8 Å². The zero-order valence-electron chi connectivity index (χ0n) is 17.8. The average molecular weight is 391 g/mol. The Labute approximate surface area is 172 Å². The highest BCUT2D eigenvalue weighted by atomic mass is 15.2. The molecular weight excluding hydrogens is 360 g/mol. The summed E-state index contributed by atoms with van der Waals surface area (Å²) in [6.45, 7) is 2.02. The van der Waals surface area contributed by atoms with Crippen molar-refractivity contribution in [3.8, 4) is 0 Å². The number of likely N-dealkylation sites (tertiary alicyclic amines) is 1. The smallest absolute Gasteiger partial charge is 0.222 e. The number of nitrogens with one attached hydrogen (secondary N) is 1. The number of benzene rings is 1. The van der Waals surface area contributed by atoms with E-state index in [-0.39, 0.29) is 0 Å². The summed E-state index contributed by atoms with van der Waals surface area (Å²) in [4.78, 5) is 13.5. The van der Waals surface area contributed by atoms with Gasteiger partial charge in [-0.15, -0.1) is 0 Å². The minimum atomic E-state index is 0.582. The molecule has 1 fully saturated rings. The summed E-state index contributed by atoms with van der Waals surface area (Å²) in [7, 11) is 8.47. The van der Waals surface area contributed by atoms with Crippen LogP contribution in [0.3, 0.4) is 0 Å². The molecule has 6 heteroatoms. The molecule has 0 radical (unpaired) electrons. The topological polar surface area (TPSA) is 49.2 Å². The van der Waals surface area contributed by atoms with E-state index in [1.165, 1.54) is 28.5 Å². The zero-order valence-corrected chi connectivity index (χ0v) is 17.8. The Morgan fingerprint density at radius 2 is 1.97 bits per heavy atom. The molecule has 0 bridgehead atoms. The number of piperidine rings is 1. The molecule has 1 aliphatic carbocycles. The molecule has 1 N–H and O–H groups in total. The Kier molecular flexibility index (Phi) is 4.46. The van der Waals surface area contributed by atoms with Gasteiger partial charge in [-0.2, -0.15) is 0 Å². The van der Waals surface area contributed by atoms with E-state index in [1.807, 2.05) is 31.4 Å². The van der Waals surface area contributed by atoms with Gasteiger partial charge in [-0.1, -0.05) is 12.1 Å². The van der Waals surface area contributed by atoms with Crippen LogP contribution in [-0.2, 0) is 13.5 Å². The summed E-state index contributed by atoms with van der Waals surface area (Å²) in [6, 6.07) is 7.44. The van der Waals surface area contributed by atoms with Gasteiger partial charge in [-0.3, -0.25) is 0 Å². The Balaban J connectivity index is 1.35. The van der Waals surface area contributed by atoms with Gasteiger partial charge in [0.2, 0.25) is 5.95 Å². The molecule has 0 spiro atoms. The van der Waals surface area contributed by atoms with Gasteiger partial charge in [0.1, 0.15) is 0 Å². The van der Waals surface area contributed by atoms with E-state index in [1.54, 1.807) is 0 Å². The first kappa shape index (κ1) is 18.4. The molecular formula is C23H30N6. The summed E-state index contributed by atoms with van der Waals surface area (Å²) in [5, 5.41) is 4.97. The lowest BCUT2D eigenvalue weighted by atomic mass is 9.72. The van der Waals surface area contributed by atoms with E-state index in [0.717, 1.165) is 31.1 Å². The Bertz CT molecular complexity index is 1020.